The van der Waals surface area contributed by atoms with Crippen LogP contribution < -0.4 is 9.47 Å². The molecule has 0 atom stereocenters. The Morgan fingerprint density at radius 3 is 2.70 bits per heavy atom. The van der Waals surface area contributed by atoms with E-state index in [4.69, 9.17) is 20.6 Å². The summed E-state index contributed by atoms with van der Waals surface area (Å²) in [7, 11) is 1.53. The van der Waals surface area contributed by atoms with Crippen molar-refractivity contribution in [2.45, 2.75) is 6.61 Å². The second kappa shape index (κ2) is 8.78. The number of hydrogen-bond donors (Lipinski definition) is 0. The minimum absolute atomic E-state index is 0.0724. The highest BCUT2D eigenvalue weighted by atomic mass is 127. The molecule has 5 heteroatoms. The van der Waals surface area contributed by atoms with Crippen LogP contribution in [0.4, 0.5) is 0 Å². The summed E-state index contributed by atoms with van der Waals surface area (Å²) in [6.45, 7) is 0.311. The molecule has 0 aliphatic carbocycles. The molecule has 0 bridgehead atoms. The van der Waals surface area contributed by atoms with Gasteiger partial charge in [0.2, 0.25) is 0 Å². The van der Waals surface area contributed by atoms with E-state index in [0.29, 0.717) is 23.7 Å². The number of halogens is 1. The zero-order chi connectivity index (χ0) is 19.2. The predicted octanol–water partition coefficient (Wildman–Crippen LogP) is 4.82. The molecule has 136 valence electrons. The van der Waals surface area contributed by atoms with Gasteiger partial charge in [-0.15, -0.1) is 6.42 Å². The van der Waals surface area contributed by atoms with Crippen molar-refractivity contribution in [1.29, 1.82) is 0 Å². The van der Waals surface area contributed by atoms with Crippen molar-refractivity contribution < 1.29 is 19.0 Å². The number of rotatable bonds is 6. The molecule has 0 aliphatic rings. The standard InChI is InChI=1S/C22H17IO4/c1-3-11-26-22(24)17-12-19(23)21(20(13-17)25-2)27-14-16-9-6-8-15-7-4-5-10-18(15)16/h1,4-10,12-13H,11,14H2,2H3. The first-order chi connectivity index (χ1) is 13.1. The fourth-order valence-electron chi connectivity index (χ4n) is 2.74. The van der Waals surface area contributed by atoms with Gasteiger partial charge in [0.15, 0.2) is 18.1 Å². The van der Waals surface area contributed by atoms with Crippen LogP contribution >= 0.6 is 22.6 Å². The molecule has 0 saturated heterocycles. The molecule has 0 aromatic heterocycles. The van der Waals surface area contributed by atoms with E-state index in [1.165, 1.54) is 7.11 Å². The van der Waals surface area contributed by atoms with Crippen molar-refractivity contribution >= 4 is 39.3 Å². The van der Waals surface area contributed by atoms with Crippen LogP contribution in [0.2, 0.25) is 0 Å². The van der Waals surface area contributed by atoms with Crippen LogP contribution in [0.5, 0.6) is 11.5 Å². The van der Waals surface area contributed by atoms with Crippen LogP contribution in [-0.4, -0.2) is 19.7 Å². The molecule has 3 rings (SSSR count). The van der Waals surface area contributed by atoms with Crippen molar-refractivity contribution in [3.05, 3.63) is 69.3 Å². The average molecular weight is 472 g/mol. The number of terminal acetylenes is 1. The fourth-order valence-corrected chi connectivity index (χ4v) is 3.49. The third-order valence-electron chi connectivity index (χ3n) is 4.00. The summed E-state index contributed by atoms with van der Waals surface area (Å²) in [4.78, 5) is 12.0. The first kappa shape index (κ1) is 19.1. The zero-order valence-electron chi connectivity index (χ0n) is 14.7. The molecule has 0 amide bonds. The molecule has 0 N–H and O–H groups in total. The molecule has 4 nitrogen and oxygen atoms in total. The first-order valence-corrected chi connectivity index (χ1v) is 9.29. The summed E-state index contributed by atoms with van der Waals surface area (Å²) in [6.07, 6.45) is 5.13. The Labute approximate surface area is 171 Å². The van der Waals surface area contributed by atoms with Gasteiger partial charge in [-0.05, 0) is 51.1 Å². The second-order valence-corrected chi connectivity index (χ2v) is 6.86. The number of carbonyl (C=O) groups is 1. The summed E-state index contributed by atoms with van der Waals surface area (Å²) >= 11 is 2.11. The van der Waals surface area contributed by atoms with Gasteiger partial charge in [0, 0.05) is 0 Å². The molecular weight excluding hydrogens is 455 g/mol. The Hall–Kier alpha value is -2.72. The van der Waals surface area contributed by atoms with E-state index >= 15 is 0 Å². The van der Waals surface area contributed by atoms with Gasteiger partial charge in [0.05, 0.1) is 16.2 Å². The first-order valence-electron chi connectivity index (χ1n) is 8.21. The van der Waals surface area contributed by atoms with Gasteiger partial charge in [-0.3, -0.25) is 0 Å². The summed E-state index contributed by atoms with van der Waals surface area (Å²) < 4.78 is 17.2. The van der Waals surface area contributed by atoms with E-state index in [-0.39, 0.29) is 6.61 Å². The molecule has 3 aromatic carbocycles. The number of ether oxygens (including phenoxy) is 3. The highest BCUT2D eigenvalue weighted by molar-refractivity contribution is 14.1. The summed E-state index contributed by atoms with van der Waals surface area (Å²) in [6, 6.07) is 17.6. The van der Waals surface area contributed by atoms with Crippen LogP contribution in [0.3, 0.4) is 0 Å². The number of methoxy groups -OCH3 is 1. The Bertz CT molecular complexity index is 1020. The van der Waals surface area contributed by atoms with Crippen molar-refractivity contribution in [2.24, 2.45) is 0 Å². The van der Waals surface area contributed by atoms with E-state index in [9.17, 15) is 4.79 Å². The van der Waals surface area contributed by atoms with Gasteiger partial charge in [-0.1, -0.05) is 48.4 Å². The maximum atomic E-state index is 12.0. The highest BCUT2D eigenvalue weighted by Gasteiger charge is 2.17. The Morgan fingerprint density at radius 1 is 1.15 bits per heavy atom. The third kappa shape index (κ3) is 4.34. The van der Waals surface area contributed by atoms with E-state index in [0.717, 1.165) is 19.9 Å². The fraction of sp³-hybridized carbons (Fsp3) is 0.136. The highest BCUT2D eigenvalue weighted by Crippen LogP contribution is 2.35. The molecule has 3 aromatic rings. The third-order valence-corrected chi connectivity index (χ3v) is 4.80. The van der Waals surface area contributed by atoms with Gasteiger partial charge in [-0.25, -0.2) is 4.79 Å². The van der Waals surface area contributed by atoms with Crippen LogP contribution in [0.15, 0.2) is 54.6 Å². The van der Waals surface area contributed by atoms with Gasteiger partial charge in [-0.2, -0.15) is 0 Å². The summed E-state index contributed by atoms with van der Waals surface area (Å²) in [5.74, 6) is 2.83. The Morgan fingerprint density at radius 2 is 1.93 bits per heavy atom. The van der Waals surface area contributed by atoms with Gasteiger partial charge in [0.25, 0.3) is 0 Å². The van der Waals surface area contributed by atoms with Gasteiger partial charge >= 0.3 is 5.97 Å². The number of carbonyl (C=O) groups excluding carboxylic acids is 1. The van der Waals surface area contributed by atoms with Crippen LogP contribution in [0.1, 0.15) is 15.9 Å². The van der Waals surface area contributed by atoms with Crippen LogP contribution in [-0.2, 0) is 11.3 Å². The lowest BCUT2D eigenvalue weighted by Gasteiger charge is -2.15. The minimum atomic E-state index is -0.496. The van der Waals surface area contributed by atoms with E-state index < -0.39 is 5.97 Å². The molecule has 0 saturated carbocycles. The number of benzene rings is 3. The molecule has 0 spiro atoms. The SMILES string of the molecule is C#CCOC(=O)c1cc(I)c(OCc2cccc3ccccc23)c(OC)c1. The minimum Gasteiger partial charge on any atom is -0.493 e. The molecule has 0 radical (unpaired) electrons. The van der Waals surface area contributed by atoms with Crippen molar-refractivity contribution in [3.8, 4) is 23.8 Å². The monoisotopic (exact) mass is 472 g/mol. The molecule has 0 aliphatic heterocycles. The average Bonchev–Trinajstić information content (AvgIpc) is 2.70. The smallest absolute Gasteiger partial charge is 0.339 e. The quantitative estimate of drug-likeness (QED) is 0.293. The van der Waals surface area contributed by atoms with Gasteiger partial charge < -0.3 is 14.2 Å². The summed E-state index contributed by atoms with van der Waals surface area (Å²) in [5.41, 5.74) is 1.44. The lowest BCUT2D eigenvalue weighted by atomic mass is 10.1. The summed E-state index contributed by atoms with van der Waals surface area (Å²) in [5, 5.41) is 2.30. The van der Waals surface area contributed by atoms with Crippen LogP contribution in [0.25, 0.3) is 10.8 Å². The number of esters is 1. The molecule has 0 heterocycles. The second-order valence-electron chi connectivity index (χ2n) is 5.70. The van der Waals surface area contributed by atoms with Crippen molar-refractivity contribution in [3.63, 3.8) is 0 Å². The number of fused-ring (bicyclic) bond motifs is 1. The lowest BCUT2D eigenvalue weighted by Crippen LogP contribution is -2.07. The van der Waals surface area contributed by atoms with E-state index in [1.54, 1.807) is 12.1 Å². The van der Waals surface area contributed by atoms with E-state index in [1.807, 2.05) is 24.3 Å². The van der Waals surface area contributed by atoms with E-state index in [2.05, 4.69) is 46.7 Å². The van der Waals surface area contributed by atoms with Crippen molar-refractivity contribution in [1.82, 2.24) is 0 Å². The number of hydrogen-bond acceptors (Lipinski definition) is 4. The topological polar surface area (TPSA) is 44.8 Å². The van der Waals surface area contributed by atoms with Crippen LogP contribution in [0, 0.1) is 15.9 Å². The molecule has 0 fully saturated rings. The zero-order valence-corrected chi connectivity index (χ0v) is 16.9. The van der Waals surface area contributed by atoms with Crippen molar-refractivity contribution in [2.75, 3.05) is 13.7 Å². The molecule has 0 unspecified atom stereocenters. The maximum Gasteiger partial charge on any atom is 0.339 e. The molecular formula is C22H17IO4. The molecule has 27 heavy (non-hydrogen) atoms. The maximum absolute atomic E-state index is 12.0. The Kier molecular flexibility index (Phi) is 6.20. The normalized spacial score (nSPS) is 10.3. The Balaban J connectivity index is 1.86. The lowest BCUT2D eigenvalue weighted by molar-refractivity contribution is 0.0556. The van der Waals surface area contributed by atoms with Gasteiger partial charge in [0.1, 0.15) is 6.61 Å². The predicted molar refractivity (Wildman–Crippen MR) is 113 cm³/mol. The largest absolute Gasteiger partial charge is 0.493 e.